The Labute approximate surface area is 690 Å². The van der Waals surface area contributed by atoms with Crippen molar-refractivity contribution in [3.8, 4) is 11.1 Å². The number of anilines is 1. The minimum atomic E-state index is -0.546. The number of nitrogens with zero attached hydrogens (tertiary/aromatic N) is 1. The van der Waals surface area contributed by atoms with Crippen molar-refractivity contribution >= 4 is 135 Å². The van der Waals surface area contributed by atoms with Gasteiger partial charge in [-0.25, -0.2) is 5.06 Å². The van der Waals surface area contributed by atoms with Crippen LogP contribution < -0.4 is 5.06 Å². The highest BCUT2D eigenvalue weighted by Gasteiger charge is 2.34. The lowest BCUT2D eigenvalue weighted by molar-refractivity contribution is 0.102. The van der Waals surface area contributed by atoms with Gasteiger partial charge >= 0.3 is 0 Å². The van der Waals surface area contributed by atoms with Crippen molar-refractivity contribution in [2.45, 2.75) is 414 Å². The van der Waals surface area contributed by atoms with E-state index in [2.05, 4.69) is 132 Å². The normalized spacial score (nSPS) is 12.8. The van der Waals surface area contributed by atoms with Crippen LogP contribution in [0.5, 0.6) is 0 Å². The Morgan fingerprint density at radius 2 is 0.351 bits per heavy atom. The van der Waals surface area contributed by atoms with Crippen LogP contribution in [0.3, 0.4) is 0 Å². The van der Waals surface area contributed by atoms with Gasteiger partial charge in [-0.3, -0.25) is 0 Å². The topological polar surface area (TPSA) is 23.1 Å². The molecule has 0 aliphatic carbocycles. The fourth-order valence-electron chi connectivity index (χ4n) is 21.7. The van der Waals surface area contributed by atoms with E-state index in [0.717, 1.165) is 37.8 Å². The minimum absolute atomic E-state index is 0.546. The van der Waals surface area contributed by atoms with Crippen molar-refractivity contribution < 1.29 is 5.21 Å². The third kappa shape index (κ3) is 19.1. The van der Waals surface area contributed by atoms with Gasteiger partial charge in [0.15, 0.2) is 0 Å². The zero-order chi connectivity index (χ0) is 78.8. The molecule has 609 valence electrons. The van der Waals surface area contributed by atoms with Gasteiger partial charge in [0.1, 0.15) is 0 Å². The third-order valence-corrected chi connectivity index (χ3v) is 28.0. The van der Waals surface area contributed by atoms with Gasteiger partial charge in [0.05, 0.1) is 11.2 Å². The fourth-order valence-corrected chi connectivity index (χ4v) is 21.7. The van der Waals surface area contributed by atoms with Gasteiger partial charge in [-0.2, -0.15) is 0 Å². The molecule has 0 bridgehead atoms. The Bertz CT molecular complexity index is 4940. The van der Waals surface area contributed by atoms with E-state index in [0.29, 0.717) is 0 Å². The molecule has 2 heteroatoms. The summed E-state index contributed by atoms with van der Waals surface area (Å²) in [5.41, 5.74) is 10.2. The number of unbranched alkanes of at least 4 members (excludes halogenated alkanes) is 45. The molecule has 14 aromatic carbocycles. The smallest absolute Gasteiger partial charge is 0.0674 e. The molecule has 0 spiro atoms. The number of hydrogen-bond acceptors (Lipinski definition) is 1. The van der Waals surface area contributed by atoms with Crippen LogP contribution in [0.25, 0.3) is 140 Å². The van der Waals surface area contributed by atoms with Crippen molar-refractivity contribution in [3.05, 3.63) is 125 Å². The molecule has 14 rings (SSSR count). The Hall–Kier alpha value is -6.48. The molecule has 0 atom stereocenters. The molecule has 0 amide bonds. The first-order valence-corrected chi connectivity index (χ1v) is 48.9. The molecule has 0 unspecified atom stereocenters. The summed E-state index contributed by atoms with van der Waals surface area (Å²) in [4.78, 5) is 0. The molecule has 14 aromatic rings. The third-order valence-electron chi connectivity index (χ3n) is 28.0. The van der Waals surface area contributed by atoms with Crippen molar-refractivity contribution in [2.75, 3.05) is 5.06 Å². The second kappa shape index (κ2) is 41.3. The predicted octanol–water partition coefficient (Wildman–Crippen LogP) is 37.1. The molecule has 2 nitrogen and oxygen atoms in total. The SMILES string of the molecule is CCCCCCCCCCCCc1cc2c3cc(CCCCCCCCCCCC)cc4c5cc(CCCCCCCCCCCC)cc6c7cc(-c8ccc(N([O])C(C)(C)C)cc8)cc8c9cc(CCCCCCCCCCCC)cc%10c%11cc(CCCCCCCCCCCC)cc%12c(c1)c2c1c(c34)c(c56)c(c78)c(c%109)c1c%12%11. The minimum Gasteiger partial charge on any atom is -0.215 e. The van der Waals surface area contributed by atoms with Crippen LogP contribution in [0.4, 0.5) is 5.69 Å². The highest BCUT2D eigenvalue weighted by Crippen LogP contribution is 2.61. The Morgan fingerprint density at radius 3 is 0.518 bits per heavy atom. The summed E-state index contributed by atoms with van der Waals surface area (Å²) in [6, 6.07) is 41.7. The van der Waals surface area contributed by atoms with Crippen LogP contribution in [0.1, 0.15) is 404 Å². The summed E-state index contributed by atoms with van der Waals surface area (Å²) in [5.74, 6) is 0. The molecule has 0 N–H and O–H groups in total. The van der Waals surface area contributed by atoms with Gasteiger partial charge in [0, 0.05) is 0 Å². The van der Waals surface area contributed by atoms with Gasteiger partial charge in [-0.05, 0) is 277 Å². The standard InChI is InChI=1S/C112H150NO/c1-9-14-19-24-29-34-39-44-49-54-59-80-68-88-90-70-81(60-55-50-45-40-35-30-25-20-15-10-2)72-92-94-74-83(62-57-52-47-42-37-32-27-22-17-12-4)76-96-98-78-86(85-64-66-87(67-65-85)113(114)112(6,7)8)79-99-97-77-84(63-58-53-48-43-38-33-28-23-18-13-5)75-95-93-73-82(61-56-51-46-41-36-31-26-21-16-11-3)71-91-89(69-80)100(88)106-107(101(90)92)109(103(94)96)111(105(98)99)110(104(95)97)108(106)102(91)93/h64-79H,9-63H2,1-8H3. The Balaban J connectivity index is 1.01. The van der Waals surface area contributed by atoms with E-state index in [4.69, 9.17) is 0 Å². The Morgan fingerprint density at radius 1 is 0.193 bits per heavy atom. The van der Waals surface area contributed by atoms with Crippen LogP contribution in [0, 0.1) is 0 Å². The summed E-state index contributed by atoms with van der Waals surface area (Å²) in [6.07, 6.45) is 73.1. The van der Waals surface area contributed by atoms with E-state index in [1.54, 1.807) is 27.1 Å². The van der Waals surface area contributed by atoms with Crippen molar-refractivity contribution in [1.82, 2.24) is 0 Å². The van der Waals surface area contributed by atoms with Crippen molar-refractivity contribution in [1.29, 1.82) is 0 Å². The largest absolute Gasteiger partial charge is 0.215 e. The van der Waals surface area contributed by atoms with Crippen LogP contribution >= 0.6 is 0 Å². The van der Waals surface area contributed by atoms with Crippen molar-refractivity contribution in [2.24, 2.45) is 0 Å². The Kier molecular flexibility index (Phi) is 30.4. The number of hydrogen-bond donors (Lipinski definition) is 0. The second-order valence-electron chi connectivity index (χ2n) is 38.2. The van der Waals surface area contributed by atoms with Gasteiger partial charge in [-0.1, -0.05) is 402 Å². The number of hydroxylamine groups is 1. The molecule has 0 heterocycles. The zero-order valence-electron chi connectivity index (χ0n) is 73.5. The van der Waals surface area contributed by atoms with E-state index in [9.17, 15) is 5.21 Å². The average molecular weight is 1530 g/mol. The summed E-state index contributed by atoms with van der Waals surface area (Å²) in [7, 11) is 0. The molecule has 1 radical (unpaired) electrons. The second-order valence-corrected chi connectivity index (χ2v) is 38.2. The average Bonchev–Trinajstić information content (AvgIpc) is 0.642. The maximum Gasteiger partial charge on any atom is 0.0674 e. The summed E-state index contributed by atoms with van der Waals surface area (Å²) < 4.78 is 0. The van der Waals surface area contributed by atoms with Crippen LogP contribution in [0.15, 0.2) is 97.1 Å². The number of aryl methyl sites for hydroxylation is 5. The van der Waals surface area contributed by atoms with Crippen LogP contribution in [0.2, 0.25) is 0 Å². The molecule has 0 fully saturated rings. The maximum atomic E-state index is 14.0. The molecule has 0 aromatic heterocycles. The lowest BCUT2D eigenvalue weighted by Crippen LogP contribution is -2.37. The first-order valence-electron chi connectivity index (χ1n) is 48.9. The fraction of sp³-hybridized carbons (Fsp3) is 0.571. The number of fused-ring (bicyclic) bond motifs is 6. The molecule has 0 aliphatic heterocycles. The predicted molar refractivity (Wildman–Crippen MR) is 510 cm³/mol. The number of benzene rings is 14. The van der Waals surface area contributed by atoms with E-state index < -0.39 is 5.54 Å². The molecular weight excluding hydrogens is 1380 g/mol. The molecule has 0 aliphatic rings. The summed E-state index contributed by atoms with van der Waals surface area (Å²) in [5, 5.41) is 51.2. The highest BCUT2D eigenvalue weighted by molar-refractivity contribution is 6.61. The van der Waals surface area contributed by atoms with Crippen LogP contribution in [-0.2, 0) is 37.3 Å². The van der Waals surface area contributed by atoms with E-state index in [1.165, 1.54) is 467 Å². The van der Waals surface area contributed by atoms with Gasteiger partial charge in [0.25, 0.3) is 0 Å². The first-order chi connectivity index (χ1) is 56.0. The lowest BCUT2D eigenvalue weighted by Gasteiger charge is -2.30. The maximum absolute atomic E-state index is 14.0. The van der Waals surface area contributed by atoms with Gasteiger partial charge in [-0.15, -0.1) is 0 Å². The molecule has 0 saturated heterocycles. The number of rotatable bonds is 57. The first kappa shape index (κ1) is 84.0. The van der Waals surface area contributed by atoms with Gasteiger partial charge < -0.3 is 0 Å². The summed E-state index contributed by atoms with van der Waals surface area (Å²) >= 11 is 0. The van der Waals surface area contributed by atoms with E-state index in [1.807, 2.05) is 20.8 Å². The van der Waals surface area contributed by atoms with E-state index >= 15 is 0 Å². The van der Waals surface area contributed by atoms with Crippen molar-refractivity contribution in [3.63, 3.8) is 0 Å². The summed E-state index contributed by atoms with van der Waals surface area (Å²) in [6.45, 7) is 17.8. The monoisotopic (exact) mass is 1530 g/mol. The molecule has 0 saturated carbocycles. The van der Waals surface area contributed by atoms with Gasteiger partial charge in [0.2, 0.25) is 0 Å². The quantitative estimate of drug-likeness (QED) is 0.0161. The van der Waals surface area contributed by atoms with E-state index in [-0.39, 0.29) is 0 Å². The van der Waals surface area contributed by atoms with Crippen LogP contribution in [-0.4, -0.2) is 5.54 Å². The molecular formula is C112H150NO. The molecule has 114 heavy (non-hydrogen) atoms. The highest BCUT2D eigenvalue weighted by atomic mass is 16.5. The zero-order valence-corrected chi connectivity index (χ0v) is 73.5. The lowest BCUT2D eigenvalue weighted by atomic mass is 9.72.